The number of benzene rings is 2. The minimum absolute atomic E-state index is 0.370. The molecule has 3 heteroatoms. The molecule has 1 aliphatic rings. The quantitative estimate of drug-likeness (QED) is 0.804. The van der Waals surface area contributed by atoms with Gasteiger partial charge >= 0.3 is 0 Å². The summed E-state index contributed by atoms with van der Waals surface area (Å²) in [6.07, 6.45) is 4.59. The van der Waals surface area contributed by atoms with Crippen molar-refractivity contribution in [2.75, 3.05) is 12.4 Å². The highest BCUT2D eigenvalue weighted by Gasteiger charge is 2.24. The van der Waals surface area contributed by atoms with Crippen molar-refractivity contribution in [2.24, 2.45) is 0 Å². The van der Waals surface area contributed by atoms with Crippen LogP contribution in [0.1, 0.15) is 42.5 Å². The summed E-state index contributed by atoms with van der Waals surface area (Å²) in [7, 11) is 2.10. The van der Waals surface area contributed by atoms with E-state index in [9.17, 15) is 0 Å². The smallest absolute Gasteiger partial charge is 0.173 e. The first-order valence-corrected chi connectivity index (χ1v) is 8.80. The van der Waals surface area contributed by atoms with Crippen LogP contribution < -0.4 is 5.32 Å². The second-order valence-corrected chi connectivity index (χ2v) is 6.59. The maximum absolute atomic E-state index is 5.66. The predicted molar refractivity (Wildman–Crippen MR) is 102 cm³/mol. The van der Waals surface area contributed by atoms with Gasteiger partial charge in [0.2, 0.25) is 0 Å². The van der Waals surface area contributed by atoms with Gasteiger partial charge in [-0.05, 0) is 66.7 Å². The molecule has 1 N–H and O–H groups in total. The molecule has 0 aliphatic heterocycles. The average molecular weight is 324 g/mol. The van der Waals surface area contributed by atoms with Crippen LogP contribution in [0.5, 0.6) is 0 Å². The molecule has 2 aromatic rings. The molecule has 23 heavy (non-hydrogen) atoms. The van der Waals surface area contributed by atoms with Crippen molar-refractivity contribution in [3.8, 4) is 0 Å². The molecule has 0 bridgehead atoms. The summed E-state index contributed by atoms with van der Waals surface area (Å²) in [5.74, 6) is 0. The topological polar surface area (TPSA) is 15.3 Å². The fourth-order valence-corrected chi connectivity index (χ4v) is 3.60. The molecular formula is C20H24N2S. The van der Waals surface area contributed by atoms with Gasteiger partial charge in [-0.3, -0.25) is 0 Å². The summed E-state index contributed by atoms with van der Waals surface area (Å²) in [6, 6.07) is 17.6. The molecule has 1 atom stereocenters. The van der Waals surface area contributed by atoms with Gasteiger partial charge in [0, 0.05) is 12.7 Å². The third-order valence-corrected chi connectivity index (χ3v) is 5.10. The van der Waals surface area contributed by atoms with Crippen molar-refractivity contribution in [3.05, 3.63) is 65.2 Å². The summed E-state index contributed by atoms with van der Waals surface area (Å²) in [4.78, 5) is 2.21. The van der Waals surface area contributed by atoms with Gasteiger partial charge in [0.15, 0.2) is 5.11 Å². The first-order valence-electron chi connectivity index (χ1n) is 8.39. The standard InChI is InChI=1S/C20H24N2S/c1-3-15-8-6-11-17(14-15)21-20(23)22(2)19-13-7-10-16-9-4-5-12-18(16)19/h4-6,8-9,11-12,14,19H,3,7,10,13H2,1-2H3,(H,21,23)/t19-/m0/s1. The molecule has 0 unspecified atom stereocenters. The molecule has 0 radical (unpaired) electrons. The third-order valence-electron chi connectivity index (χ3n) is 4.71. The molecule has 0 spiro atoms. The summed E-state index contributed by atoms with van der Waals surface area (Å²) in [5.41, 5.74) is 5.29. The van der Waals surface area contributed by atoms with Crippen LogP contribution >= 0.6 is 12.2 Å². The lowest BCUT2D eigenvalue weighted by atomic mass is 9.87. The van der Waals surface area contributed by atoms with Gasteiger partial charge in [0.05, 0.1) is 6.04 Å². The van der Waals surface area contributed by atoms with Crippen LogP contribution in [0.4, 0.5) is 5.69 Å². The van der Waals surface area contributed by atoms with Crippen molar-refractivity contribution < 1.29 is 0 Å². The van der Waals surface area contributed by atoms with Crippen LogP contribution in [0, 0.1) is 0 Å². The van der Waals surface area contributed by atoms with Crippen molar-refractivity contribution in [1.82, 2.24) is 4.90 Å². The van der Waals surface area contributed by atoms with E-state index in [2.05, 4.69) is 72.7 Å². The van der Waals surface area contributed by atoms with Crippen LogP contribution in [0.15, 0.2) is 48.5 Å². The van der Waals surface area contributed by atoms with Crippen LogP contribution in [-0.2, 0) is 12.8 Å². The van der Waals surface area contributed by atoms with E-state index in [0.29, 0.717) is 6.04 Å². The van der Waals surface area contributed by atoms with Crippen LogP contribution in [0.3, 0.4) is 0 Å². The number of anilines is 1. The van der Waals surface area contributed by atoms with E-state index in [1.54, 1.807) is 0 Å². The summed E-state index contributed by atoms with van der Waals surface area (Å²) < 4.78 is 0. The summed E-state index contributed by atoms with van der Waals surface area (Å²) in [5, 5.41) is 4.19. The Morgan fingerprint density at radius 1 is 1.22 bits per heavy atom. The van der Waals surface area contributed by atoms with Gasteiger partial charge < -0.3 is 10.2 Å². The van der Waals surface area contributed by atoms with Crippen LogP contribution in [0.2, 0.25) is 0 Å². The zero-order valence-electron chi connectivity index (χ0n) is 13.9. The average Bonchev–Trinajstić information content (AvgIpc) is 2.60. The Labute approximate surface area is 144 Å². The Bertz CT molecular complexity index is 696. The minimum atomic E-state index is 0.370. The Morgan fingerprint density at radius 3 is 2.87 bits per heavy atom. The van der Waals surface area contributed by atoms with E-state index in [-0.39, 0.29) is 0 Å². The van der Waals surface area contributed by atoms with Gasteiger partial charge in [-0.15, -0.1) is 0 Å². The molecular weight excluding hydrogens is 300 g/mol. The second kappa shape index (κ2) is 7.14. The number of nitrogens with one attached hydrogen (secondary N) is 1. The first-order chi connectivity index (χ1) is 11.2. The Morgan fingerprint density at radius 2 is 2.04 bits per heavy atom. The number of hydrogen-bond acceptors (Lipinski definition) is 1. The maximum atomic E-state index is 5.66. The predicted octanol–water partition coefficient (Wildman–Crippen LogP) is 4.96. The number of rotatable bonds is 3. The van der Waals surface area contributed by atoms with E-state index in [0.717, 1.165) is 23.6 Å². The normalized spacial score (nSPS) is 16.5. The second-order valence-electron chi connectivity index (χ2n) is 6.20. The van der Waals surface area contributed by atoms with Crippen molar-refractivity contribution in [2.45, 2.75) is 38.6 Å². The molecule has 3 rings (SSSR count). The third kappa shape index (κ3) is 3.56. The van der Waals surface area contributed by atoms with Crippen molar-refractivity contribution >= 4 is 23.0 Å². The molecule has 0 heterocycles. The summed E-state index contributed by atoms with van der Waals surface area (Å²) >= 11 is 5.66. The molecule has 120 valence electrons. The fourth-order valence-electron chi connectivity index (χ4n) is 3.35. The number of aryl methyl sites for hydroxylation is 2. The Kier molecular flexibility index (Phi) is 4.97. The monoisotopic (exact) mass is 324 g/mol. The Balaban J connectivity index is 1.75. The minimum Gasteiger partial charge on any atom is -0.345 e. The highest BCUT2D eigenvalue weighted by atomic mass is 32.1. The SMILES string of the molecule is CCc1cccc(NC(=S)N(C)[C@H]2CCCc3ccccc32)c1. The molecule has 0 saturated carbocycles. The van der Waals surface area contributed by atoms with E-state index in [4.69, 9.17) is 12.2 Å². The molecule has 1 aliphatic carbocycles. The lowest BCUT2D eigenvalue weighted by Gasteiger charge is -2.35. The van der Waals surface area contributed by atoms with Crippen molar-refractivity contribution in [1.29, 1.82) is 0 Å². The van der Waals surface area contributed by atoms with Gasteiger partial charge in [-0.2, -0.15) is 0 Å². The number of nitrogens with zero attached hydrogens (tertiary/aromatic N) is 1. The molecule has 2 aromatic carbocycles. The number of fused-ring (bicyclic) bond motifs is 1. The lowest BCUT2D eigenvalue weighted by Crippen LogP contribution is -2.36. The molecule has 0 amide bonds. The van der Waals surface area contributed by atoms with E-state index in [1.165, 1.54) is 29.5 Å². The largest absolute Gasteiger partial charge is 0.345 e. The first kappa shape index (κ1) is 16.0. The van der Waals surface area contributed by atoms with Crippen LogP contribution in [0.25, 0.3) is 0 Å². The zero-order chi connectivity index (χ0) is 16.2. The highest BCUT2D eigenvalue weighted by molar-refractivity contribution is 7.80. The zero-order valence-corrected chi connectivity index (χ0v) is 14.7. The van der Waals surface area contributed by atoms with Crippen molar-refractivity contribution in [3.63, 3.8) is 0 Å². The lowest BCUT2D eigenvalue weighted by molar-refractivity contribution is 0.336. The van der Waals surface area contributed by atoms with Gasteiger partial charge in [0.1, 0.15) is 0 Å². The maximum Gasteiger partial charge on any atom is 0.173 e. The van der Waals surface area contributed by atoms with Gasteiger partial charge in [0.25, 0.3) is 0 Å². The van der Waals surface area contributed by atoms with E-state index in [1.807, 2.05) is 0 Å². The van der Waals surface area contributed by atoms with Crippen LogP contribution in [-0.4, -0.2) is 17.1 Å². The fraction of sp³-hybridized carbons (Fsp3) is 0.350. The summed E-state index contributed by atoms with van der Waals surface area (Å²) in [6.45, 7) is 2.17. The molecule has 0 saturated heterocycles. The number of hydrogen-bond donors (Lipinski definition) is 1. The highest BCUT2D eigenvalue weighted by Crippen LogP contribution is 2.33. The van der Waals surface area contributed by atoms with Gasteiger partial charge in [-0.1, -0.05) is 43.3 Å². The van der Waals surface area contributed by atoms with E-state index < -0.39 is 0 Å². The Hall–Kier alpha value is -1.87. The molecule has 2 nitrogen and oxygen atoms in total. The number of thiocarbonyl (C=S) groups is 1. The molecule has 0 fully saturated rings. The molecule has 0 aromatic heterocycles. The van der Waals surface area contributed by atoms with E-state index >= 15 is 0 Å². The van der Waals surface area contributed by atoms with Gasteiger partial charge in [-0.25, -0.2) is 0 Å².